The summed E-state index contributed by atoms with van der Waals surface area (Å²) in [5, 5.41) is 13.2. The van der Waals surface area contributed by atoms with E-state index in [2.05, 4.69) is 10.3 Å². The molecule has 1 aromatic carbocycles. The first-order chi connectivity index (χ1) is 17.4. The van der Waals surface area contributed by atoms with E-state index in [0.29, 0.717) is 28.9 Å². The SMILES string of the molecule is CCNC(=O)[C@@H]1[C@@H](CO)[C@@H]2Cn3c(ccc(-c4ccc(F)cc4)c3=O)[C@@H]2N1C(=O)Cc1cccnc1. The summed E-state index contributed by atoms with van der Waals surface area (Å²) in [6.07, 6.45) is 3.28. The number of benzene rings is 1. The summed E-state index contributed by atoms with van der Waals surface area (Å²) in [7, 11) is 0. The molecule has 8 nitrogen and oxygen atoms in total. The van der Waals surface area contributed by atoms with Crippen LogP contribution < -0.4 is 10.9 Å². The number of nitrogens with one attached hydrogen (secondary N) is 1. The highest BCUT2D eigenvalue weighted by molar-refractivity contribution is 5.90. The van der Waals surface area contributed by atoms with Crippen molar-refractivity contribution in [3.05, 3.63) is 88.4 Å². The number of nitrogens with zero attached hydrogens (tertiary/aromatic N) is 3. The van der Waals surface area contributed by atoms with Crippen molar-refractivity contribution in [2.45, 2.75) is 32.0 Å². The predicted octanol–water partition coefficient (Wildman–Crippen LogP) is 1.92. The van der Waals surface area contributed by atoms with Crippen molar-refractivity contribution >= 4 is 11.8 Å². The molecule has 2 aliphatic heterocycles. The minimum atomic E-state index is -0.852. The Morgan fingerprint density at radius 3 is 2.61 bits per heavy atom. The molecule has 0 saturated carbocycles. The zero-order valence-electron chi connectivity index (χ0n) is 19.8. The lowest BCUT2D eigenvalue weighted by atomic mass is 9.88. The van der Waals surface area contributed by atoms with Gasteiger partial charge in [-0.25, -0.2) is 4.39 Å². The van der Waals surface area contributed by atoms with Gasteiger partial charge in [0.15, 0.2) is 0 Å². The molecule has 2 aliphatic rings. The van der Waals surface area contributed by atoms with Crippen LogP contribution in [0.5, 0.6) is 0 Å². The zero-order valence-corrected chi connectivity index (χ0v) is 19.8. The first-order valence-electron chi connectivity index (χ1n) is 12.0. The van der Waals surface area contributed by atoms with Crippen LogP contribution >= 0.6 is 0 Å². The van der Waals surface area contributed by atoms with Crippen molar-refractivity contribution < 1.29 is 19.1 Å². The lowest BCUT2D eigenvalue weighted by Crippen LogP contribution is -2.50. The number of aliphatic hydroxyl groups is 1. The van der Waals surface area contributed by atoms with Crippen LogP contribution in [0.3, 0.4) is 0 Å². The van der Waals surface area contributed by atoms with Crippen molar-refractivity contribution in [3.8, 4) is 11.1 Å². The molecule has 186 valence electrons. The number of aliphatic hydroxyl groups excluding tert-OH is 1. The predicted molar refractivity (Wildman–Crippen MR) is 130 cm³/mol. The van der Waals surface area contributed by atoms with E-state index in [4.69, 9.17) is 0 Å². The van der Waals surface area contributed by atoms with E-state index in [1.165, 1.54) is 12.1 Å². The standard InChI is InChI=1S/C27H27FN4O4/c1-2-30-26(35)25-21(15-33)20-14-31-22(10-9-19(27(31)36)17-5-7-18(28)8-6-17)24(20)32(25)23(34)12-16-4-3-11-29-13-16/h3-11,13,20-21,24-25,33H,2,12,14-15H2,1H3,(H,30,35)/t20-,21-,24+,25-/m0/s1. The number of pyridine rings is 2. The Balaban J connectivity index is 1.58. The van der Waals surface area contributed by atoms with Gasteiger partial charge in [0, 0.05) is 55.2 Å². The molecule has 2 aromatic heterocycles. The number of hydrogen-bond donors (Lipinski definition) is 2. The molecule has 0 spiro atoms. The maximum absolute atomic E-state index is 13.7. The molecule has 4 atom stereocenters. The molecule has 36 heavy (non-hydrogen) atoms. The van der Waals surface area contributed by atoms with Crippen LogP contribution in [0, 0.1) is 17.7 Å². The maximum Gasteiger partial charge on any atom is 0.258 e. The Hall–Kier alpha value is -3.85. The van der Waals surface area contributed by atoms with Gasteiger partial charge in [-0.1, -0.05) is 18.2 Å². The van der Waals surface area contributed by atoms with Crippen LogP contribution in [-0.2, 0) is 22.6 Å². The number of halogens is 1. The van der Waals surface area contributed by atoms with E-state index >= 15 is 0 Å². The molecule has 3 aromatic rings. The Morgan fingerprint density at radius 2 is 1.94 bits per heavy atom. The molecule has 0 aliphatic carbocycles. The lowest BCUT2D eigenvalue weighted by Gasteiger charge is -2.31. The number of amides is 2. The topological polar surface area (TPSA) is 105 Å². The van der Waals surface area contributed by atoms with E-state index in [1.54, 1.807) is 65.2 Å². The van der Waals surface area contributed by atoms with Crippen LogP contribution in [0.1, 0.15) is 24.2 Å². The van der Waals surface area contributed by atoms with Gasteiger partial charge < -0.3 is 19.9 Å². The van der Waals surface area contributed by atoms with Crippen molar-refractivity contribution in [1.29, 1.82) is 0 Å². The second kappa shape index (κ2) is 9.66. The summed E-state index contributed by atoms with van der Waals surface area (Å²) in [4.78, 5) is 45.9. The number of aromatic nitrogens is 2. The van der Waals surface area contributed by atoms with E-state index in [1.807, 2.05) is 0 Å². The number of likely N-dealkylation sites (N-methyl/N-ethyl adjacent to an activating group) is 1. The molecular weight excluding hydrogens is 463 g/mol. The third kappa shape index (κ3) is 3.99. The number of rotatable bonds is 6. The summed E-state index contributed by atoms with van der Waals surface area (Å²) in [5.74, 6) is -1.82. The van der Waals surface area contributed by atoms with E-state index in [0.717, 1.165) is 0 Å². The van der Waals surface area contributed by atoms with E-state index in [9.17, 15) is 23.9 Å². The van der Waals surface area contributed by atoms with Gasteiger partial charge in [-0.2, -0.15) is 0 Å². The van der Waals surface area contributed by atoms with E-state index < -0.39 is 18.0 Å². The van der Waals surface area contributed by atoms with Gasteiger partial charge in [0.1, 0.15) is 11.9 Å². The monoisotopic (exact) mass is 490 g/mol. The number of carbonyl (C=O) groups excluding carboxylic acids is 2. The van der Waals surface area contributed by atoms with Crippen LogP contribution in [0.15, 0.2) is 65.7 Å². The third-order valence-electron chi connectivity index (χ3n) is 7.22. The van der Waals surface area contributed by atoms with Crippen LogP contribution in [-0.4, -0.2) is 50.6 Å². The van der Waals surface area contributed by atoms with Gasteiger partial charge in [0.25, 0.3) is 5.56 Å². The lowest BCUT2D eigenvalue weighted by molar-refractivity contribution is -0.141. The fraction of sp³-hybridized carbons (Fsp3) is 0.333. The van der Waals surface area contributed by atoms with Gasteiger partial charge in [-0.05, 0) is 48.4 Å². The molecule has 9 heteroatoms. The van der Waals surface area contributed by atoms with Crippen molar-refractivity contribution in [1.82, 2.24) is 19.8 Å². The van der Waals surface area contributed by atoms with Gasteiger partial charge in [0.05, 0.1) is 12.5 Å². The largest absolute Gasteiger partial charge is 0.396 e. The van der Waals surface area contributed by atoms with Crippen molar-refractivity contribution in [2.24, 2.45) is 11.8 Å². The highest BCUT2D eigenvalue weighted by atomic mass is 19.1. The average Bonchev–Trinajstić information content (AvgIpc) is 3.41. The van der Waals surface area contributed by atoms with Crippen LogP contribution in [0.4, 0.5) is 4.39 Å². The molecule has 0 radical (unpaired) electrons. The molecule has 0 bridgehead atoms. The maximum atomic E-state index is 13.7. The first-order valence-corrected chi connectivity index (χ1v) is 12.0. The fourth-order valence-electron chi connectivity index (χ4n) is 5.66. The Labute approximate surface area is 207 Å². The third-order valence-corrected chi connectivity index (χ3v) is 7.22. The molecule has 0 unspecified atom stereocenters. The molecule has 1 saturated heterocycles. The van der Waals surface area contributed by atoms with Crippen LogP contribution in [0.2, 0.25) is 0 Å². The molecule has 2 amide bonds. The normalized spacial score (nSPS) is 22.2. The highest BCUT2D eigenvalue weighted by Gasteiger charge is 2.57. The zero-order chi connectivity index (χ0) is 25.4. The number of fused-ring (bicyclic) bond motifs is 3. The average molecular weight is 491 g/mol. The van der Waals surface area contributed by atoms with Gasteiger partial charge in [-0.3, -0.25) is 19.4 Å². The Bertz CT molecular complexity index is 1340. The highest BCUT2D eigenvalue weighted by Crippen LogP contribution is 2.49. The number of likely N-dealkylation sites (tertiary alicyclic amines) is 1. The number of carbonyl (C=O) groups is 2. The number of hydrogen-bond acceptors (Lipinski definition) is 5. The Morgan fingerprint density at radius 1 is 1.17 bits per heavy atom. The quantitative estimate of drug-likeness (QED) is 0.550. The summed E-state index contributed by atoms with van der Waals surface area (Å²) in [5.41, 5.74) is 2.10. The minimum absolute atomic E-state index is 0.0447. The summed E-state index contributed by atoms with van der Waals surface area (Å²) < 4.78 is 15.0. The van der Waals surface area contributed by atoms with Gasteiger partial charge >= 0.3 is 0 Å². The summed E-state index contributed by atoms with van der Waals surface area (Å²) >= 11 is 0. The molecule has 4 heterocycles. The fourth-order valence-corrected chi connectivity index (χ4v) is 5.66. The molecule has 5 rings (SSSR count). The molecule has 1 fully saturated rings. The first kappa shape index (κ1) is 23.9. The molecule has 2 N–H and O–H groups in total. The summed E-state index contributed by atoms with van der Waals surface area (Å²) in [6, 6.07) is 11.4. The molecular formula is C27H27FN4O4. The van der Waals surface area contributed by atoms with Gasteiger partial charge in [0.2, 0.25) is 11.8 Å². The summed E-state index contributed by atoms with van der Waals surface area (Å²) in [6.45, 7) is 2.17. The van der Waals surface area contributed by atoms with Crippen molar-refractivity contribution in [3.63, 3.8) is 0 Å². The minimum Gasteiger partial charge on any atom is -0.396 e. The van der Waals surface area contributed by atoms with E-state index in [-0.39, 0.29) is 48.7 Å². The van der Waals surface area contributed by atoms with Crippen molar-refractivity contribution in [2.75, 3.05) is 13.2 Å². The Kier molecular flexibility index (Phi) is 6.40. The van der Waals surface area contributed by atoms with Gasteiger partial charge in [-0.15, -0.1) is 0 Å². The second-order valence-electron chi connectivity index (χ2n) is 9.23. The van der Waals surface area contributed by atoms with Crippen LogP contribution in [0.25, 0.3) is 11.1 Å². The smallest absolute Gasteiger partial charge is 0.258 e. The second-order valence-corrected chi connectivity index (χ2v) is 9.23.